The minimum absolute atomic E-state index is 0.115. The van der Waals surface area contributed by atoms with Gasteiger partial charge in [0.05, 0.1) is 17.2 Å². The first-order chi connectivity index (χ1) is 9.58. The highest BCUT2D eigenvalue weighted by Gasteiger charge is 2.15. The highest BCUT2D eigenvalue weighted by atomic mass is 35.5. The van der Waals surface area contributed by atoms with Crippen LogP contribution in [0.25, 0.3) is 0 Å². The molecular weight excluding hydrogens is 288 g/mol. The second-order valence-electron chi connectivity index (χ2n) is 3.95. The van der Waals surface area contributed by atoms with Crippen molar-refractivity contribution in [3.05, 3.63) is 70.2 Å². The molecule has 1 amide bonds. The molecule has 3 nitrogen and oxygen atoms in total. The molecule has 6 heteroatoms. The van der Waals surface area contributed by atoms with Crippen LogP contribution in [-0.2, 0) is 11.4 Å². The molecule has 0 bridgehead atoms. The average molecular weight is 298 g/mol. The number of hydrogen-bond acceptors (Lipinski definition) is 2. The van der Waals surface area contributed by atoms with Crippen molar-refractivity contribution in [2.45, 2.75) is 6.61 Å². The summed E-state index contributed by atoms with van der Waals surface area (Å²) in [6.07, 6.45) is 0. The van der Waals surface area contributed by atoms with Crippen LogP contribution in [0.2, 0.25) is 5.02 Å². The number of hydroxylamine groups is 1. The van der Waals surface area contributed by atoms with E-state index in [1.165, 1.54) is 0 Å². The van der Waals surface area contributed by atoms with Crippen molar-refractivity contribution in [1.82, 2.24) is 5.48 Å². The molecule has 2 rings (SSSR count). The highest BCUT2D eigenvalue weighted by Crippen LogP contribution is 2.19. The van der Waals surface area contributed by atoms with Crippen molar-refractivity contribution in [2.75, 3.05) is 0 Å². The molecule has 0 aliphatic heterocycles. The van der Waals surface area contributed by atoms with Gasteiger partial charge < -0.3 is 0 Å². The Balaban J connectivity index is 1.97. The van der Waals surface area contributed by atoms with Gasteiger partial charge in [0.1, 0.15) is 11.6 Å². The standard InChI is InChI=1S/C14H10ClF2NO2/c15-11-7-12(16)10(6-13(11)17)14(19)18-20-8-9-4-2-1-3-5-9/h1-7H,8H2,(H,18,19). The number of rotatable bonds is 4. The number of halogens is 3. The van der Waals surface area contributed by atoms with Crippen molar-refractivity contribution < 1.29 is 18.4 Å². The lowest BCUT2D eigenvalue weighted by atomic mass is 10.2. The zero-order valence-corrected chi connectivity index (χ0v) is 11.0. The molecule has 0 heterocycles. The zero-order valence-electron chi connectivity index (χ0n) is 10.2. The van der Waals surface area contributed by atoms with E-state index < -0.39 is 23.1 Å². The summed E-state index contributed by atoms with van der Waals surface area (Å²) in [6, 6.07) is 10.5. The summed E-state index contributed by atoms with van der Waals surface area (Å²) in [5, 5.41) is -0.385. The smallest absolute Gasteiger partial charge is 0.269 e. The molecule has 0 saturated heterocycles. The van der Waals surface area contributed by atoms with Crippen molar-refractivity contribution in [3.63, 3.8) is 0 Å². The Morgan fingerprint density at radius 1 is 1.15 bits per heavy atom. The second-order valence-corrected chi connectivity index (χ2v) is 4.36. The van der Waals surface area contributed by atoms with Crippen molar-refractivity contribution in [3.8, 4) is 0 Å². The van der Waals surface area contributed by atoms with Crippen molar-refractivity contribution >= 4 is 17.5 Å². The van der Waals surface area contributed by atoms with Gasteiger partial charge in [0, 0.05) is 0 Å². The van der Waals surface area contributed by atoms with E-state index in [4.69, 9.17) is 16.4 Å². The van der Waals surface area contributed by atoms with E-state index in [0.717, 1.165) is 17.7 Å². The first-order valence-electron chi connectivity index (χ1n) is 5.68. The van der Waals surface area contributed by atoms with Gasteiger partial charge in [0.2, 0.25) is 0 Å². The van der Waals surface area contributed by atoms with E-state index in [2.05, 4.69) is 0 Å². The van der Waals surface area contributed by atoms with Gasteiger partial charge in [0.25, 0.3) is 5.91 Å². The van der Waals surface area contributed by atoms with Crippen LogP contribution in [-0.4, -0.2) is 5.91 Å². The van der Waals surface area contributed by atoms with Gasteiger partial charge in [-0.3, -0.25) is 9.63 Å². The Morgan fingerprint density at radius 2 is 1.85 bits per heavy atom. The number of hydrogen-bond donors (Lipinski definition) is 1. The number of benzene rings is 2. The van der Waals surface area contributed by atoms with Crippen LogP contribution in [0, 0.1) is 11.6 Å². The molecule has 0 radical (unpaired) electrons. The van der Waals surface area contributed by atoms with Gasteiger partial charge in [-0.15, -0.1) is 0 Å². The predicted molar refractivity (Wildman–Crippen MR) is 70.1 cm³/mol. The van der Waals surface area contributed by atoms with Gasteiger partial charge in [-0.25, -0.2) is 14.3 Å². The fourth-order valence-corrected chi connectivity index (χ4v) is 1.66. The Hall–Kier alpha value is -1.98. The van der Waals surface area contributed by atoms with Crippen LogP contribution in [0.1, 0.15) is 15.9 Å². The molecule has 1 N–H and O–H groups in total. The second kappa shape index (κ2) is 6.45. The minimum atomic E-state index is -0.919. The van der Waals surface area contributed by atoms with Crippen LogP contribution in [0.15, 0.2) is 42.5 Å². The van der Waals surface area contributed by atoms with Gasteiger partial charge in [0.15, 0.2) is 0 Å². The van der Waals surface area contributed by atoms with Crippen LogP contribution in [0.4, 0.5) is 8.78 Å². The minimum Gasteiger partial charge on any atom is -0.269 e. The van der Waals surface area contributed by atoms with E-state index in [-0.39, 0.29) is 11.6 Å². The maximum Gasteiger partial charge on any atom is 0.277 e. The summed E-state index contributed by atoms with van der Waals surface area (Å²) in [7, 11) is 0. The summed E-state index contributed by atoms with van der Waals surface area (Å²) in [5.41, 5.74) is 2.40. The molecule has 0 fully saturated rings. The normalized spacial score (nSPS) is 10.3. The summed E-state index contributed by atoms with van der Waals surface area (Å²) in [4.78, 5) is 16.6. The molecule has 0 aliphatic carbocycles. The van der Waals surface area contributed by atoms with E-state index in [1.807, 2.05) is 23.7 Å². The monoisotopic (exact) mass is 297 g/mol. The van der Waals surface area contributed by atoms with Crippen molar-refractivity contribution in [2.24, 2.45) is 0 Å². The SMILES string of the molecule is O=C(NOCc1ccccc1)c1cc(F)c(Cl)cc1F. The Labute approximate surface area is 119 Å². The topological polar surface area (TPSA) is 38.3 Å². The maximum atomic E-state index is 13.5. The molecule has 104 valence electrons. The Morgan fingerprint density at radius 3 is 2.55 bits per heavy atom. The van der Waals surface area contributed by atoms with Crippen LogP contribution < -0.4 is 5.48 Å². The number of carbonyl (C=O) groups excluding carboxylic acids is 1. The number of nitrogens with one attached hydrogen (secondary N) is 1. The fourth-order valence-electron chi connectivity index (χ4n) is 1.51. The summed E-state index contributed by atoms with van der Waals surface area (Å²) in [6.45, 7) is 0.115. The van der Waals surface area contributed by atoms with Gasteiger partial charge in [-0.05, 0) is 17.7 Å². The molecule has 0 unspecified atom stereocenters. The lowest BCUT2D eigenvalue weighted by Gasteiger charge is -2.07. The quantitative estimate of drug-likeness (QED) is 0.693. The number of amides is 1. The van der Waals surface area contributed by atoms with Gasteiger partial charge in [-0.1, -0.05) is 41.9 Å². The number of carbonyl (C=O) groups is 1. The molecule has 0 aromatic heterocycles. The zero-order chi connectivity index (χ0) is 14.5. The first-order valence-corrected chi connectivity index (χ1v) is 6.06. The molecule has 20 heavy (non-hydrogen) atoms. The van der Waals surface area contributed by atoms with Crippen molar-refractivity contribution in [1.29, 1.82) is 0 Å². The average Bonchev–Trinajstić information content (AvgIpc) is 2.44. The maximum absolute atomic E-state index is 13.5. The molecule has 2 aromatic carbocycles. The lowest BCUT2D eigenvalue weighted by Crippen LogP contribution is -2.24. The van der Waals surface area contributed by atoms with E-state index >= 15 is 0 Å². The summed E-state index contributed by atoms with van der Waals surface area (Å²) < 4.78 is 26.7. The molecule has 0 atom stereocenters. The third kappa shape index (κ3) is 3.53. The lowest BCUT2D eigenvalue weighted by molar-refractivity contribution is 0.0230. The van der Waals surface area contributed by atoms with E-state index in [1.54, 1.807) is 12.1 Å². The summed E-state index contributed by atoms with van der Waals surface area (Å²) >= 11 is 5.40. The highest BCUT2D eigenvalue weighted by molar-refractivity contribution is 6.30. The molecule has 0 spiro atoms. The largest absolute Gasteiger partial charge is 0.277 e. The molecule has 2 aromatic rings. The molecule has 0 saturated carbocycles. The van der Waals surface area contributed by atoms with Gasteiger partial charge >= 0.3 is 0 Å². The Kier molecular flexibility index (Phi) is 4.65. The first kappa shape index (κ1) is 14.4. The van der Waals surface area contributed by atoms with E-state index in [0.29, 0.717) is 0 Å². The third-order valence-corrected chi connectivity index (χ3v) is 2.79. The summed E-state index contributed by atoms with van der Waals surface area (Å²) in [5.74, 6) is -2.67. The van der Waals surface area contributed by atoms with Crippen LogP contribution >= 0.6 is 11.6 Å². The fraction of sp³-hybridized carbons (Fsp3) is 0.0714. The third-order valence-electron chi connectivity index (χ3n) is 2.50. The van der Waals surface area contributed by atoms with E-state index in [9.17, 15) is 13.6 Å². The van der Waals surface area contributed by atoms with Gasteiger partial charge in [-0.2, -0.15) is 0 Å². The van der Waals surface area contributed by atoms with Crippen LogP contribution in [0.3, 0.4) is 0 Å². The predicted octanol–water partition coefficient (Wildman–Crippen LogP) is 3.48. The molecular formula is C14H10ClF2NO2. The molecule has 0 aliphatic rings. The van der Waals surface area contributed by atoms with Crippen LogP contribution in [0.5, 0.6) is 0 Å². The Bertz CT molecular complexity index is 620.